The first-order valence-corrected chi connectivity index (χ1v) is 11.7. The Balaban J connectivity index is 0.000000793. The number of unbranched alkanes of at least 4 members (excludes halogenated alkanes) is 3. The standard InChI is InChI=1S/C19H26N2O2.2C5H5.2Fe/c22-14-8-2-1-7-13-20-18(23)15-21-19(16-9-3-4-10-16)17-11-5-6-12-17;2*1-2-4-5-3-1;;/h3-6,9-12,19,21-22H,1-2,7-8,13-15H2,(H,20,23);2*1-5H;;/q-2;-5;-1;;. The van der Waals surface area contributed by atoms with Gasteiger partial charge in [-0.05, 0) is 18.9 Å². The van der Waals surface area contributed by atoms with Gasteiger partial charge >= 0.3 is 0 Å². The van der Waals surface area contributed by atoms with E-state index in [1.54, 1.807) is 0 Å². The van der Waals surface area contributed by atoms with Crippen molar-refractivity contribution in [3.63, 3.8) is 0 Å². The Morgan fingerprint density at radius 3 is 1.66 bits per heavy atom. The predicted molar refractivity (Wildman–Crippen MR) is 137 cm³/mol. The molecule has 0 spiro atoms. The summed E-state index contributed by atoms with van der Waals surface area (Å²) in [6.45, 7) is 1.25. The van der Waals surface area contributed by atoms with E-state index in [1.165, 1.54) is 11.1 Å². The third kappa shape index (κ3) is 15.4. The molecule has 0 aromatic heterocycles. The molecule has 4 aromatic carbocycles. The van der Waals surface area contributed by atoms with Gasteiger partial charge in [-0.3, -0.25) is 4.79 Å². The zero-order valence-electron chi connectivity index (χ0n) is 20.0. The Morgan fingerprint density at radius 2 is 1.23 bits per heavy atom. The number of carbonyl (C=O) groups excluding carboxylic acids is 1. The largest absolute Gasteiger partial charge is 0.748 e. The number of aliphatic hydroxyl groups is 1. The van der Waals surface area contributed by atoms with Crippen LogP contribution >= 0.6 is 0 Å². The molecule has 6 heteroatoms. The van der Waals surface area contributed by atoms with Crippen molar-refractivity contribution in [2.24, 2.45) is 0 Å². The summed E-state index contributed by atoms with van der Waals surface area (Å²) in [6, 6.07) is 36.4. The van der Waals surface area contributed by atoms with Crippen LogP contribution in [0, 0.1) is 0 Å². The molecule has 4 aromatic rings. The summed E-state index contributed by atoms with van der Waals surface area (Å²) in [4.78, 5) is 12.0. The number of carbonyl (C=O) groups is 1. The molecule has 0 saturated heterocycles. The van der Waals surface area contributed by atoms with E-state index in [9.17, 15) is 4.79 Å². The predicted octanol–water partition coefficient (Wildman–Crippen LogP) is 5.28. The van der Waals surface area contributed by atoms with Gasteiger partial charge in [0.05, 0.1) is 6.54 Å². The molecule has 0 heterocycles. The second kappa shape index (κ2) is 22.3. The van der Waals surface area contributed by atoms with Gasteiger partial charge in [0.2, 0.25) is 5.91 Å². The second-order valence-corrected chi connectivity index (χ2v) is 7.66. The molecule has 0 aliphatic heterocycles. The number of nitrogens with one attached hydrogen (secondary N) is 2. The smallest absolute Gasteiger partial charge is 0.233 e. The SMILES string of the molecule is O=C(CNC([c-]1cccc1)[c-]1cccc1)NCCCCCCO.[Fe].[Fe].[cH-]1[cH-][cH-][cH-][cH-]1.c1cc[cH-]c1. The van der Waals surface area contributed by atoms with Gasteiger partial charge in [-0.25, -0.2) is 36.4 Å². The zero-order chi connectivity index (χ0) is 23.4. The van der Waals surface area contributed by atoms with Gasteiger partial charge in [-0.1, -0.05) is 12.8 Å². The van der Waals surface area contributed by atoms with Gasteiger partial charge < -0.3 is 46.1 Å². The van der Waals surface area contributed by atoms with Crippen LogP contribution in [0.4, 0.5) is 0 Å². The van der Waals surface area contributed by atoms with Gasteiger partial charge in [0, 0.05) is 47.3 Å². The number of rotatable bonds is 11. The summed E-state index contributed by atoms with van der Waals surface area (Å²) in [7, 11) is 0. The van der Waals surface area contributed by atoms with Crippen LogP contribution in [0.15, 0.2) is 109 Å². The first-order valence-electron chi connectivity index (χ1n) is 11.7. The molecule has 4 rings (SSSR count). The fourth-order valence-electron chi connectivity index (χ4n) is 3.31. The Kier molecular flexibility index (Phi) is 20.9. The molecule has 0 aliphatic rings. The number of amides is 1. The van der Waals surface area contributed by atoms with Crippen LogP contribution in [0.5, 0.6) is 0 Å². The molecule has 0 bridgehead atoms. The molecule has 0 saturated carbocycles. The number of hydrogen-bond acceptors (Lipinski definition) is 3. The average Bonchev–Trinajstić information content (AvgIpc) is 3.66. The van der Waals surface area contributed by atoms with Crippen molar-refractivity contribution >= 4 is 5.91 Å². The van der Waals surface area contributed by atoms with Crippen molar-refractivity contribution in [2.45, 2.75) is 31.7 Å². The maximum Gasteiger partial charge on any atom is 0.233 e. The van der Waals surface area contributed by atoms with Crippen LogP contribution in [0.25, 0.3) is 0 Å². The van der Waals surface area contributed by atoms with Crippen LogP contribution in [0.1, 0.15) is 42.9 Å². The molecule has 0 atom stereocenters. The number of hydrogen-bond donors (Lipinski definition) is 3. The minimum atomic E-state index is 0. The van der Waals surface area contributed by atoms with Crippen molar-refractivity contribution in [1.82, 2.24) is 10.6 Å². The second-order valence-electron chi connectivity index (χ2n) is 7.66. The summed E-state index contributed by atoms with van der Waals surface area (Å²) in [5.74, 6) is 0.0234. The van der Waals surface area contributed by atoms with Crippen LogP contribution in [0.3, 0.4) is 0 Å². The van der Waals surface area contributed by atoms with Gasteiger partial charge in [-0.2, -0.15) is 42.5 Å². The molecule has 1 amide bonds. The van der Waals surface area contributed by atoms with E-state index >= 15 is 0 Å². The van der Waals surface area contributed by atoms with Crippen molar-refractivity contribution < 1.29 is 44.0 Å². The number of aliphatic hydroxyl groups excluding tert-OH is 1. The van der Waals surface area contributed by atoms with Crippen molar-refractivity contribution in [3.05, 3.63) is 120 Å². The summed E-state index contributed by atoms with van der Waals surface area (Å²) in [5.41, 5.74) is 2.35. The molecule has 0 aliphatic carbocycles. The van der Waals surface area contributed by atoms with Gasteiger partial charge in [0.25, 0.3) is 0 Å². The molecule has 0 unspecified atom stereocenters. The summed E-state index contributed by atoms with van der Waals surface area (Å²) < 4.78 is 0. The molecular weight excluding hydrogens is 520 g/mol. The molecule has 0 radical (unpaired) electrons. The molecule has 198 valence electrons. The van der Waals surface area contributed by atoms with Crippen LogP contribution < -0.4 is 10.6 Å². The Hall–Kier alpha value is -2.17. The van der Waals surface area contributed by atoms with E-state index in [2.05, 4.69) is 34.9 Å². The minimum Gasteiger partial charge on any atom is -0.748 e. The van der Waals surface area contributed by atoms with E-state index in [0.717, 1.165) is 25.7 Å². The third-order valence-electron chi connectivity index (χ3n) is 5.03. The zero-order valence-corrected chi connectivity index (χ0v) is 22.2. The topological polar surface area (TPSA) is 61.4 Å². The van der Waals surface area contributed by atoms with Crippen molar-refractivity contribution in [3.8, 4) is 0 Å². The van der Waals surface area contributed by atoms with E-state index < -0.39 is 0 Å². The summed E-state index contributed by atoms with van der Waals surface area (Å²) in [5, 5.41) is 15.0. The fourth-order valence-corrected chi connectivity index (χ4v) is 3.31. The first-order chi connectivity index (χ1) is 16.3. The summed E-state index contributed by atoms with van der Waals surface area (Å²) >= 11 is 0. The van der Waals surface area contributed by atoms with Crippen molar-refractivity contribution in [2.75, 3.05) is 19.7 Å². The van der Waals surface area contributed by atoms with Crippen LogP contribution in [0.2, 0.25) is 0 Å². The van der Waals surface area contributed by atoms with Crippen molar-refractivity contribution in [1.29, 1.82) is 0 Å². The van der Waals surface area contributed by atoms with E-state index in [4.69, 9.17) is 5.11 Å². The monoisotopic (exact) mass is 556 g/mol. The minimum absolute atomic E-state index is 0. The fraction of sp³-hybridized carbons (Fsp3) is 0.276. The average molecular weight is 556 g/mol. The van der Waals surface area contributed by atoms with Gasteiger partial charge in [-0.15, -0.1) is 11.1 Å². The van der Waals surface area contributed by atoms with Gasteiger partial charge in [0.15, 0.2) is 0 Å². The molecule has 3 N–H and O–H groups in total. The first kappa shape index (κ1) is 32.8. The Labute approximate surface area is 231 Å². The quantitative estimate of drug-likeness (QED) is 0.134. The van der Waals surface area contributed by atoms with E-state index in [1.807, 2.05) is 84.9 Å². The maximum absolute atomic E-state index is 12.0. The third-order valence-corrected chi connectivity index (χ3v) is 5.03. The van der Waals surface area contributed by atoms with E-state index in [0.29, 0.717) is 13.1 Å². The Morgan fingerprint density at radius 1 is 0.743 bits per heavy atom. The Bertz CT molecular complexity index is 792. The maximum atomic E-state index is 12.0. The molecular formula is C29H36Fe2N2O2-8. The van der Waals surface area contributed by atoms with Gasteiger partial charge in [0.1, 0.15) is 0 Å². The van der Waals surface area contributed by atoms with Crippen LogP contribution in [-0.4, -0.2) is 30.7 Å². The molecule has 0 fully saturated rings. The molecule has 4 nitrogen and oxygen atoms in total. The normalized spacial score (nSPS) is 9.54. The summed E-state index contributed by atoms with van der Waals surface area (Å²) in [6.07, 6.45) is 3.86. The molecule has 35 heavy (non-hydrogen) atoms. The van der Waals surface area contributed by atoms with Crippen LogP contribution in [-0.2, 0) is 38.9 Å². The van der Waals surface area contributed by atoms with E-state index in [-0.39, 0.29) is 52.7 Å².